The van der Waals surface area contributed by atoms with Gasteiger partial charge in [-0.25, -0.2) is 4.79 Å². The molecule has 2 atom stereocenters. The van der Waals surface area contributed by atoms with Crippen molar-refractivity contribution >= 4 is 11.0 Å². The summed E-state index contributed by atoms with van der Waals surface area (Å²) in [6, 6.07) is 4.78. The van der Waals surface area contributed by atoms with Gasteiger partial charge in [-0.1, -0.05) is 0 Å². The van der Waals surface area contributed by atoms with Crippen molar-refractivity contribution in [1.82, 2.24) is 0 Å². The third-order valence-electron chi connectivity index (χ3n) is 3.06. The highest BCUT2D eigenvalue weighted by Crippen LogP contribution is 2.56. The van der Waals surface area contributed by atoms with Crippen LogP contribution in [0.3, 0.4) is 0 Å². The Labute approximate surface area is 95.5 Å². The summed E-state index contributed by atoms with van der Waals surface area (Å²) in [5.74, 6) is 1.33. The molecule has 2 aliphatic rings. The maximum atomic E-state index is 11.2. The number of epoxide rings is 1. The molecule has 1 fully saturated rings. The molecule has 0 radical (unpaired) electrons. The first-order chi connectivity index (χ1) is 8.28. The van der Waals surface area contributed by atoms with Gasteiger partial charge in [0.15, 0.2) is 6.10 Å². The highest BCUT2D eigenvalue weighted by atomic mass is 16.8. The van der Waals surface area contributed by atoms with Crippen molar-refractivity contribution in [1.29, 1.82) is 0 Å². The predicted octanol–water partition coefficient (Wildman–Crippen LogP) is 1.59. The molecule has 4 rings (SSSR count). The van der Waals surface area contributed by atoms with Gasteiger partial charge in [0.2, 0.25) is 6.29 Å². The summed E-state index contributed by atoms with van der Waals surface area (Å²) in [4.78, 5) is 11.2. The molecule has 1 aromatic heterocycles. The molecule has 2 unspecified atom stereocenters. The van der Waals surface area contributed by atoms with Crippen molar-refractivity contribution in [2.45, 2.75) is 12.4 Å². The monoisotopic (exact) mass is 232 g/mol. The van der Waals surface area contributed by atoms with Crippen LogP contribution in [0.15, 0.2) is 27.4 Å². The van der Waals surface area contributed by atoms with E-state index < -0.39 is 0 Å². The van der Waals surface area contributed by atoms with Gasteiger partial charge in [0, 0.05) is 12.1 Å². The number of hydrogen-bond acceptors (Lipinski definition) is 5. The van der Waals surface area contributed by atoms with Crippen molar-refractivity contribution in [2.75, 3.05) is 7.11 Å². The van der Waals surface area contributed by atoms with Crippen molar-refractivity contribution in [3.05, 3.63) is 34.2 Å². The molecule has 0 aliphatic carbocycles. The molecule has 3 heterocycles. The molecule has 5 nitrogen and oxygen atoms in total. The van der Waals surface area contributed by atoms with E-state index in [1.807, 2.05) is 0 Å². The van der Waals surface area contributed by atoms with Gasteiger partial charge in [0.25, 0.3) is 0 Å². The second-order valence-electron chi connectivity index (χ2n) is 4.03. The van der Waals surface area contributed by atoms with Crippen molar-refractivity contribution in [3.63, 3.8) is 0 Å². The first-order valence-electron chi connectivity index (χ1n) is 5.25. The van der Waals surface area contributed by atoms with Crippen LogP contribution in [0.4, 0.5) is 0 Å². The van der Waals surface area contributed by atoms with Gasteiger partial charge in [0.05, 0.1) is 18.1 Å². The number of ether oxygens (including phenoxy) is 3. The number of fused-ring (bicyclic) bond motifs is 4. The van der Waals surface area contributed by atoms with Crippen LogP contribution in [0.1, 0.15) is 11.7 Å². The number of benzene rings is 1. The molecule has 0 N–H and O–H groups in total. The summed E-state index contributed by atoms with van der Waals surface area (Å²) in [6.07, 6.45) is -0.251. The standard InChI is InChI=1S/C12H8O5/c1-14-10-5-2-3-8(13)15-6(5)4-7-9(10)11-12(16-7)17-11/h2-4,11-12H,1H3. The molecule has 1 saturated heterocycles. The SMILES string of the molecule is COc1c2c(cc3oc(=O)ccc13)OC1OC21. The summed E-state index contributed by atoms with van der Waals surface area (Å²) in [7, 11) is 1.58. The van der Waals surface area contributed by atoms with Crippen molar-refractivity contribution in [3.8, 4) is 11.5 Å². The Kier molecular flexibility index (Phi) is 1.50. The van der Waals surface area contributed by atoms with Crippen LogP contribution in [0.5, 0.6) is 11.5 Å². The summed E-state index contributed by atoms with van der Waals surface area (Å²) in [6.45, 7) is 0. The Bertz CT molecular complexity index is 687. The van der Waals surface area contributed by atoms with E-state index in [4.69, 9.17) is 18.6 Å². The van der Waals surface area contributed by atoms with Crippen molar-refractivity contribution < 1.29 is 18.6 Å². The number of hydrogen-bond donors (Lipinski definition) is 0. The first kappa shape index (κ1) is 9.07. The Morgan fingerprint density at radius 2 is 2.24 bits per heavy atom. The highest BCUT2D eigenvalue weighted by molar-refractivity contribution is 5.88. The van der Waals surface area contributed by atoms with Crippen LogP contribution >= 0.6 is 0 Å². The zero-order valence-corrected chi connectivity index (χ0v) is 8.93. The van der Waals surface area contributed by atoms with Crippen LogP contribution in [0.25, 0.3) is 11.0 Å². The molecule has 86 valence electrons. The zero-order valence-electron chi connectivity index (χ0n) is 8.93. The van der Waals surface area contributed by atoms with Gasteiger partial charge in [-0.05, 0) is 6.07 Å². The Morgan fingerprint density at radius 1 is 1.35 bits per heavy atom. The molecule has 17 heavy (non-hydrogen) atoms. The Morgan fingerprint density at radius 3 is 3.06 bits per heavy atom. The van der Waals surface area contributed by atoms with E-state index >= 15 is 0 Å². The van der Waals surface area contributed by atoms with Gasteiger partial charge < -0.3 is 18.6 Å². The van der Waals surface area contributed by atoms with E-state index in [1.54, 1.807) is 19.2 Å². The van der Waals surface area contributed by atoms with E-state index in [9.17, 15) is 4.79 Å². The van der Waals surface area contributed by atoms with Crippen LogP contribution in [-0.4, -0.2) is 13.4 Å². The van der Waals surface area contributed by atoms with Gasteiger partial charge >= 0.3 is 5.63 Å². The molecule has 2 aliphatic heterocycles. The highest BCUT2D eigenvalue weighted by Gasteiger charge is 2.52. The molecule has 0 amide bonds. The summed E-state index contributed by atoms with van der Waals surface area (Å²) >= 11 is 0. The van der Waals surface area contributed by atoms with Gasteiger partial charge in [-0.2, -0.15) is 0 Å². The molecular weight excluding hydrogens is 224 g/mol. The van der Waals surface area contributed by atoms with Gasteiger partial charge in [0.1, 0.15) is 17.1 Å². The largest absolute Gasteiger partial charge is 0.495 e. The topological polar surface area (TPSA) is 61.2 Å². The Hall–Kier alpha value is -2.01. The lowest BCUT2D eigenvalue weighted by molar-refractivity contribution is 0.170. The summed E-state index contributed by atoms with van der Waals surface area (Å²) in [5.41, 5.74) is 0.979. The van der Waals surface area contributed by atoms with Crippen LogP contribution < -0.4 is 15.1 Å². The third kappa shape index (κ3) is 1.09. The average molecular weight is 232 g/mol. The minimum absolute atomic E-state index is 0.0451. The summed E-state index contributed by atoms with van der Waals surface area (Å²) in [5, 5.41) is 0.755. The van der Waals surface area contributed by atoms with E-state index in [0.29, 0.717) is 17.1 Å². The van der Waals surface area contributed by atoms with Crippen LogP contribution in [-0.2, 0) is 4.74 Å². The fourth-order valence-electron chi connectivity index (χ4n) is 2.28. The Balaban J connectivity index is 2.12. The van der Waals surface area contributed by atoms with E-state index in [-0.39, 0.29) is 18.0 Å². The van der Waals surface area contributed by atoms with E-state index in [2.05, 4.69) is 0 Å². The second-order valence-corrected chi connectivity index (χ2v) is 4.03. The summed E-state index contributed by atoms with van der Waals surface area (Å²) < 4.78 is 21.3. The molecule has 2 aromatic rings. The van der Waals surface area contributed by atoms with E-state index in [1.165, 1.54) is 6.07 Å². The van der Waals surface area contributed by atoms with Gasteiger partial charge in [-0.3, -0.25) is 0 Å². The minimum Gasteiger partial charge on any atom is -0.495 e. The first-order valence-corrected chi connectivity index (χ1v) is 5.25. The lowest BCUT2D eigenvalue weighted by Gasteiger charge is -2.10. The number of rotatable bonds is 1. The zero-order chi connectivity index (χ0) is 11.6. The molecule has 0 bridgehead atoms. The minimum atomic E-state index is -0.390. The van der Waals surface area contributed by atoms with Gasteiger partial charge in [-0.15, -0.1) is 0 Å². The lowest BCUT2D eigenvalue weighted by Crippen LogP contribution is -1.98. The molecule has 0 saturated carbocycles. The average Bonchev–Trinajstić information content (AvgIpc) is 2.98. The molecule has 5 heteroatoms. The maximum Gasteiger partial charge on any atom is 0.336 e. The molecule has 0 spiro atoms. The van der Waals surface area contributed by atoms with Crippen LogP contribution in [0, 0.1) is 0 Å². The quantitative estimate of drug-likeness (QED) is 0.552. The molecular formula is C12H8O5. The predicted molar refractivity (Wildman–Crippen MR) is 57.3 cm³/mol. The normalized spacial score (nSPS) is 24.1. The van der Waals surface area contributed by atoms with Crippen LogP contribution in [0.2, 0.25) is 0 Å². The molecule has 1 aromatic carbocycles. The maximum absolute atomic E-state index is 11.2. The fraction of sp³-hybridized carbons (Fsp3) is 0.250. The van der Waals surface area contributed by atoms with E-state index in [0.717, 1.165) is 10.9 Å². The fourth-order valence-corrected chi connectivity index (χ4v) is 2.28. The smallest absolute Gasteiger partial charge is 0.336 e. The third-order valence-corrected chi connectivity index (χ3v) is 3.06. The second kappa shape index (κ2) is 2.81. The van der Waals surface area contributed by atoms with Crippen molar-refractivity contribution in [2.24, 2.45) is 0 Å². The lowest BCUT2D eigenvalue weighted by atomic mass is 10.1. The number of methoxy groups -OCH3 is 1.